The Bertz CT molecular complexity index is 743. The second-order valence-corrected chi connectivity index (χ2v) is 7.45. The molecule has 26 heavy (non-hydrogen) atoms. The van der Waals surface area contributed by atoms with Gasteiger partial charge in [-0.1, -0.05) is 35.4 Å². The summed E-state index contributed by atoms with van der Waals surface area (Å²) in [6.45, 7) is 13.3. The Balaban J connectivity index is 2.06. The summed E-state index contributed by atoms with van der Waals surface area (Å²) < 4.78 is 0. The smallest absolute Gasteiger partial charge is 0.125 e. The third-order valence-electron chi connectivity index (χ3n) is 5.09. The molecule has 0 spiro atoms. The summed E-state index contributed by atoms with van der Waals surface area (Å²) in [4.78, 5) is 4.51. The summed E-state index contributed by atoms with van der Waals surface area (Å²) >= 11 is 0. The molecule has 1 aliphatic rings. The zero-order valence-corrected chi connectivity index (χ0v) is 16.6. The number of nitrogens with zero attached hydrogens (tertiary/aromatic N) is 2. The lowest BCUT2D eigenvalue weighted by Crippen LogP contribution is -2.46. The van der Waals surface area contributed by atoms with Crippen LogP contribution in [0.4, 0.5) is 11.4 Å². The highest BCUT2D eigenvalue weighted by Crippen LogP contribution is 2.36. The van der Waals surface area contributed by atoms with Crippen LogP contribution in [0.5, 0.6) is 0 Å². The Morgan fingerprint density at radius 1 is 0.731 bits per heavy atom. The summed E-state index contributed by atoms with van der Waals surface area (Å²) in [7, 11) is 0. The summed E-state index contributed by atoms with van der Waals surface area (Å²) in [5, 5.41) is 9.49. The Labute approximate surface area is 156 Å². The molecule has 0 atom stereocenters. The largest absolute Gasteiger partial charge is 0.323 e. The van der Waals surface area contributed by atoms with E-state index in [0.717, 1.165) is 0 Å². The van der Waals surface area contributed by atoms with Crippen molar-refractivity contribution in [1.29, 1.82) is 0 Å². The molecule has 3 rings (SSSR count). The van der Waals surface area contributed by atoms with E-state index in [9.17, 15) is 5.21 Å². The number of anilines is 2. The standard InChI is InChI=1S/C22H29N3O/c1-14-9-16(3)21(17(4)10-14)24-7-8-25(20(24)13-23-26)22-18(5)11-15(2)12-19(22)6/h7-12,20,23,26H,13H2,1-6H3. The molecule has 4 nitrogen and oxygen atoms in total. The third-order valence-corrected chi connectivity index (χ3v) is 5.09. The van der Waals surface area contributed by atoms with Gasteiger partial charge in [-0.3, -0.25) is 0 Å². The number of aryl methyl sites for hydroxylation is 6. The quantitative estimate of drug-likeness (QED) is 0.787. The molecule has 0 aliphatic carbocycles. The second-order valence-electron chi connectivity index (χ2n) is 7.45. The minimum Gasteiger partial charge on any atom is -0.323 e. The van der Waals surface area contributed by atoms with Crippen LogP contribution in [-0.4, -0.2) is 17.9 Å². The van der Waals surface area contributed by atoms with E-state index in [4.69, 9.17) is 0 Å². The van der Waals surface area contributed by atoms with Crippen molar-refractivity contribution in [3.63, 3.8) is 0 Å². The lowest BCUT2D eigenvalue weighted by molar-refractivity contribution is 0.161. The molecule has 4 heteroatoms. The Kier molecular flexibility index (Phi) is 5.08. The SMILES string of the molecule is Cc1cc(C)c(N2C=CN(c3c(C)cc(C)cc3C)C2CNO)c(C)c1. The topological polar surface area (TPSA) is 38.7 Å². The minimum absolute atomic E-state index is 0.0276. The maximum atomic E-state index is 9.49. The first-order valence-electron chi connectivity index (χ1n) is 9.11. The van der Waals surface area contributed by atoms with Crippen molar-refractivity contribution in [3.8, 4) is 0 Å². The summed E-state index contributed by atoms with van der Waals surface area (Å²) in [6, 6.07) is 8.85. The fourth-order valence-corrected chi connectivity index (χ4v) is 4.36. The van der Waals surface area contributed by atoms with E-state index < -0.39 is 0 Å². The van der Waals surface area contributed by atoms with Gasteiger partial charge in [-0.15, -0.1) is 0 Å². The second kappa shape index (κ2) is 7.14. The van der Waals surface area contributed by atoms with Gasteiger partial charge in [0.15, 0.2) is 0 Å². The van der Waals surface area contributed by atoms with Crippen LogP contribution in [0, 0.1) is 41.5 Å². The summed E-state index contributed by atoms with van der Waals surface area (Å²) in [5.41, 5.74) is 12.3. The molecule has 0 unspecified atom stereocenters. The number of nitrogens with one attached hydrogen (secondary N) is 1. The van der Waals surface area contributed by atoms with Gasteiger partial charge in [-0.2, -0.15) is 0 Å². The van der Waals surface area contributed by atoms with Crippen LogP contribution in [0.25, 0.3) is 0 Å². The molecule has 0 bridgehead atoms. The Morgan fingerprint density at radius 2 is 1.08 bits per heavy atom. The molecule has 2 aromatic rings. The molecule has 0 radical (unpaired) electrons. The number of benzene rings is 2. The van der Waals surface area contributed by atoms with Crippen LogP contribution < -0.4 is 15.3 Å². The van der Waals surface area contributed by atoms with Crippen LogP contribution in [0.1, 0.15) is 33.4 Å². The van der Waals surface area contributed by atoms with Crippen LogP contribution in [-0.2, 0) is 0 Å². The molecule has 0 saturated heterocycles. The fourth-order valence-electron chi connectivity index (χ4n) is 4.36. The van der Waals surface area contributed by atoms with E-state index in [2.05, 4.69) is 93.5 Å². The van der Waals surface area contributed by atoms with E-state index >= 15 is 0 Å². The molecule has 0 amide bonds. The van der Waals surface area contributed by atoms with Gasteiger partial charge in [-0.05, 0) is 63.8 Å². The molecule has 1 heterocycles. The van der Waals surface area contributed by atoms with Gasteiger partial charge < -0.3 is 15.0 Å². The molecule has 1 aliphatic heterocycles. The van der Waals surface area contributed by atoms with Crippen molar-refractivity contribution in [1.82, 2.24) is 5.48 Å². The molecule has 138 valence electrons. The van der Waals surface area contributed by atoms with E-state index in [1.165, 1.54) is 44.8 Å². The van der Waals surface area contributed by atoms with Gasteiger partial charge in [0.2, 0.25) is 0 Å². The summed E-state index contributed by atoms with van der Waals surface area (Å²) in [6.07, 6.45) is 4.21. The molecule has 0 fully saturated rings. The first-order valence-corrected chi connectivity index (χ1v) is 9.11. The van der Waals surface area contributed by atoms with Crippen LogP contribution in [0.2, 0.25) is 0 Å². The maximum Gasteiger partial charge on any atom is 0.125 e. The first-order chi connectivity index (χ1) is 12.3. The van der Waals surface area contributed by atoms with Gasteiger partial charge in [0, 0.05) is 23.8 Å². The average molecular weight is 351 g/mol. The predicted molar refractivity (Wildman–Crippen MR) is 109 cm³/mol. The van der Waals surface area contributed by atoms with Crippen molar-refractivity contribution in [2.75, 3.05) is 16.3 Å². The first kappa shape index (κ1) is 18.5. The van der Waals surface area contributed by atoms with E-state index in [0.29, 0.717) is 6.54 Å². The number of rotatable bonds is 4. The Morgan fingerprint density at radius 3 is 1.38 bits per heavy atom. The van der Waals surface area contributed by atoms with E-state index in [1.807, 2.05) is 0 Å². The van der Waals surface area contributed by atoms with Crippen molar-refractivity contribution < 1.29 is 5.21 Å². The highest BCUT2D eigenvalue weighted by Gasteiger charge is 2.31. The molecular formula is C22H29N3O. The predicted octanol–water partition coefficient (Wildman–Crippen LogP) is 4.64. The zero-order valence-electron chi connectivity index (χ0n) is 16.6. The van der Waals surface area contributed by atoms with Gasteiger partial charge in [0.05, 0.1) is 6.54 Å². The molecule has 2 aromatic carbocycles. The van der Waals surface area contributed by atoms with Crippen LogP contribution >= 0.6 is 0 Å². The highest BCUT2D eigenvalue weighted by atomic mass is 16.5. The van der Waals surface area contributed by atoms with Gasteiger partial charge >= 0.3 is 0 Å². The van der Waals surface area contributed by atoms with E-state index in [-0.39, 0.29) is 6.17 Å². The monoisotopic (exact) mass is 351 g/mol. The molecular weight excluding hydrogens is 322 g/mol. The summed E-state index contributed by atoms with van der Waals surface area (Å²) in [5.74, 6) is 0. The molecule has 0 aromatic heterocycles. The normalized spacial score (nSPS) is 14.6. The van der Waals surface area contributed by atoms with Crippen LogP contribution in [0.3, 0.4) is 0 Å². The molecule has 0 saturated carbocycles. The van der Waals surface area contributed by atoms with Gasteiger partial charge in [-0.25, -0.2) is 5.48 Å². The third kappa shape index (κ3) is 3.22. The number of hydrogen-bond acceptors (Lipinski definition) is 4. The van der Waals surface area contributed by atoms with Crippen molar-refractivity contribution in [3.05, 3.63) is 70.0 Å². The number of hydrogen-bond donors (Lipinski definition) is 2. The van der Waals surface area contributed by atoms with Crippen molar-refractivity contribution >= 4 is 11.4 Å². The molecule has 2 N–H and O–H groups in total. The zero-order chi connectivity index (χ0) is 19.0. The lowest BCUT2D eigenvalue weighted by atomic mass is 10.0. The minimum atomic E-state index is -0.0276. The fraction of sp³-hybridized carbons (Fsp3) is 0.364. The van der Waals surface area contributed by atoms with Gasteiger partial charge in [0.1, 0.15) is 6.17 Å². The highest BCUT2D eigenvalue weighted by molar-refractivity contribution is 5.70. The number of hydroxylamine groups is 1. The van der Waals surface area contributed by atoms with Crippen LogP contribution in [0.15, 0.2) is 36.7 Å². The van der Waals surface area contributed by atoms with Crippen molar-refractivity contribution in [2.24, 2.45) is 0 Å². The lowest BCUT2D eigenvalue weighted by Gasteiger charge is -2.35. The van der Waals surface area contributed by atoms with Crippen molar-refractivity contribution in [2.45, 2.75) is 47.7 Å². The van der Waals surface area contributed by atoms with E-state index in [1.54, 1.807) is 0 Å². The van der Waals surface area contributed by atoms with Gasteiger partial charge in [0.25, 0.3) is 0 Å². The average Bonchev–Trinajstić information content (AvgIpc) is 2.89. The maximum absolute atomic E-state index is 9.49. The Hall–Kier alpha value is -2.30.